The standard InChI is InChI=1S/C23H26OP.BrH/c1-24-19-11-12-20-25(21-13-5-2-6-14-21,22-15-7-3-8-16-22)23-17-9-4-10-18-23;/h2-10,13-18H,11-12,19-20H2,1H3;1H/q+1;/p-1. The van der Waals surface area contributed by atoms with E-state index in [1.54, 1.807) is 7.11 Å². The molecule has 26 heavy (non-hydrogen) atoms. The molecule has 3 aromatic rings. The highest BCUT2D eigenvalue weighted by atomic mass is 79.9. The fraction of sp³-hybridized carbons (Fsp3) is 0.217. The predicted molar refractivity (Wildman–Crippen MR) is 111 cm³/mol. The van der Waals surface area contributed by atoms with Crippen molar-refractivity contribution in [3.05, 3.63) is 91.0 Å². The molecule has 3 rings (SSSR count). The second-order valence-electron chi connectivity index (χ2n) is 6.24. The number of rotatable bonds is 8. The first-order valence-electron chi connectivity index (χ1n) is 8.92. The third-order valence-electron chi connectivity index (χ3n) is 4.68. The number of unbranched alkanes of at least 4 members (excludes halogenated alkanes) is 1. The highest BCUT2D eigenvalue weighted by Gasteiger charge is 2.44. The minimum atomic E-state index is -1.65. The van der Waals surface area contributed by atoms with Crippen LogP contribution in [0.3, 0.4) is 0 Å². The lowest BCUT2D eigenvalue weighted by molar-refractivity contribution is -0.00000530. The van der Waals surface area contributed by atoms with E-state index < -0.39 is 7.26 Å². The predicted octanol–water partition coefficient (Wildman–Crippen LogP) is 1.41. The Balaban J connectivity index is 0.00000243. The molecule has 0 heterocycles. The lowest BCUT2D eigenvalue weighted by Gasteiger charge is -2.27. The van der Waals surface area contributed by atoms with Crippen LogP contribution in [0.4, 0.5) is 0 Å². The smallest absolute Gasteiger partial charge is 0.112 e. The molecule has 0 amide bonds. The Morgan fingerprint density at radius 3 is 1.35 bits per heavy atom. The van der Waals surface area contributed by atoms with Gasteiger partial charge in [-0.2, -0.15) is 0 Å². The van der Waals surface area contributed by atoms with Crippen LogP contribution in [-0.4, -0.2) is 19.9 Å². The molecule has 0 aliphatic carbocycles. The van der Waals surface area contributed by atoms with Gasteiger partial charge in [0.25, 0.3) is 0 Å². The zero-order chi connectivity index (χ0) is 17.4. The fourth-order valence-corrected chi connectivity index (χ4v) is 7.89. The minimum Gasteiger partial charge on any atom is -1.00 e. The first-order valence-corrected chi connectivity index (χ1v) is 10.9. The number of hydrogen-bond acceptors (Lipinski definition) is 1. The zero-order valence-corrected chi connectivity index (χ0v) is 17.7. The van der Waals surface area contributed by atoms with Gasteiger partial charge >= 0.3 is 0 Å². The maximum atomic E-state index is 5.29. The minimum absolute atomic E-state index is 0. The van der Waals surface area contributed by atoms with Crippen molar-refractivity contribution in [2.24, 2.45) is 0 Å². The fourth-order valence-electron chi connectivity index (χ4n) is 3.48. The monoisotopic (exact) mass is 428 g/mol. The van der Waals surface area contributed by atoms with E-state index in [0.29, 0.717) is 0 Å². The highest BCUT2D eigenvalue weighted by Crippen LogP contribution is 2.55. The van der Waals surface area contributed by atoms with Crippen LogP contribution in [0.5, 0.6) is 0 Å². The van der Waals surface area contributed by atoms with Crippen LogP contribution >= 0.6 is 7.26 Å². The van der Waals surface area contributed by atoms with E-state index in [1.807, 2.05) is 0 Å². The quantitative estimate of drug-likeness (QED) is 0.389. The van der Waals surface area contributed by atoms with Gasteiger partial charge in [0.1, 0.15) is 23.2 Å². The molecule has 0 unspecified atom stereocenters. The molecule has 0 bridgehead atoms. The van der Waals surface area contributed by atoms with Gasteiger partial charge in [0.15, 0.2) is 0 Å². The summed E-state index contributed by atoms with van der Waals surface area (Å²) in [6.07, 6.45) is 3.44. The van der Waals surface area contributed by atoms with Crippen LogP contribution in [0.1, 0.15) is 12.8 Å². The Bertz CT molecular complexity index is 650. The SMILES string of the molecule is COCCCC[P+](c1ccccc1)(c1ccccc1)c1ccccc1.[Br-]. The van der Waals surface area contributed by atoms with E-state index in [-0.39, 0.29) is 17.0 Å². The van der Waals surface area contributed by atoms with Gasteiger partial charge in [-0.3, -0.25) is 0 Å². The molecule has 3 heteroatoms. The maximum Gasteiger partial charge on any atom is 0.112 e. The van der Waals surface area contributed by atoms with Crippen molar-refractivity contribution in [3.63, 3.8) is 0 Å². The second kappa shape index (κ2) is 10.6. The van der Waals surface area contributed by atoms with Gasteiger partial charge in [0, 0.05) is 13.7 Å². The Labute approximate surface area is 168 Å². The number of benzene rings is 3. The Morgan fingerprint density at radius 1 is 0.615 bits per heavy atom. The van der Waals surface area contributed by atoms with Gasteiger partial charge in [0.2, 0.25) is 0 Å². The summed E-state index contributed by atoms with van der Waals surface area (Å²) in [7, 11) is 0.137. The van der Waals surface area contributed by atoms with Crippen molar-refractivity contribution >= 4 is 23.2 Å². The molecule has 0 saturated carbocycles. The summed E-state index contributed by atoms with van der Waals surface area (Å²) >= 11 is 0. The molecular formula is C23H26BrOP. The Morgan fingerprint density at radius 2 is 1.00 bits per heavy atom. The number of halogens is 1. The largest absolute Gasteiger partial charge is 1.00 e. The first kappa shape index (κ1) is 20.8. The summed E-state index contributed by atoms with van der Waals surface area (Å²) in [4.78, 5) is 0. The van der Waals surface area contributed by atoms with Crippen molar-refractivity contribution in [2.75, 3.05) is 19.9 Å². The normalized spacial score (nSPS) is 11.0. The zero-order valence-electron chi connectivity index (χ0n) is 15.2. The second-order valence-corrected chi connectivity index (χ2v) is 9.86. The molecule has 0 N–H and O–H groups in total. The third-order valence-corrected chi connectivity index (χ3v) is 9.21. The third kappa shape index (κ3) is 4.62. The highest BCUT2D eigenvalue weighted by molar-refractivity contribution is 7.95. The van der Waals surface area contributed by atoms with Gasteiger partial charge in [0.05, 0.1) is 6.16 Å². The Hall–Kier alpha value is -1.47. The van der Waals surface area contributed by atoms with Crippen molar-refractivity contribution in [2.45, 2.75) is 12.8 Å². The molecule has 0 saturated heterocycles. The van der Waals surface area contributed by atoms with Crippen LogP contribution < -0.4 is 32.9 Å². The summed E-state index contributed by atoms with van der Waals surface area (Å²) in [5, 5.41) is 4.39. The molecule has 1 nitrogen and oxygen atoms in total. The lowest BCUT2D eigenvalue weighted by atomic mass is 10.3. The molecule has 3 aromatic carbocycles. The van der Waals surface area contributed by atoms with Gasteiger partial charge < -0.3 is 21.7 Å². The number of ether oxygens (including phenoxy) is 1. The van der Waals surface area contributed by atoms with Crippen molar-refractivity contribution in [3.8, 4) is 0 Å². The summed E-state index contributed by atoms with van der Waals surface area (Å²) in [5.74, 6) is 0. The number of methoxy groups -OCH3 is 1. The van der Waals surface area contributed by atoms with Gasteiger partial charge in [-0.05, 0) is 49.2 Å². The van der Waals surface area contributed by atoms with E-state index in [9.17, 15) is 0 Å². The summed E-state index contributed by atoms with van der Waals surface area (Å²) in [6, 6.07) is 33.2. The molecule has 0 spiro atoms. The van der Waals surface area contributed by atoms with Crippen molar-refractivity contribution in [1.29, 1.82) is 0 Å². The van der Waals surface area contributed by atoms with Crippen LogP contribution in [-0.2, 0) is 4.74 Å². The molecular weight excluding hydrogens is 403 g/mol. The Kier molecular flexibility index (Phi) is 8.51. The molecule has 136 valence electrons. The maximum absolute atomic E-state index is 5.29. The van der Waals surface area contributed by atoms with Gasteiger partial charge in [-0.15, -0.1) is 0 Å². The van der Waals surface area contributed by atoms with E-state index in [1.165, 1.54) is 28.5 Å². The van der Waals surface area contributed by atoms with Crippen LogP contribution in [0, 0.1) is 0 Å². The van der Waals surface area contributed by atoms with E-state index in [2.05, 4.69) is 91.0 Å². The molecule has 0 atom stereocenters. The molecule has 0 fully saturated rings. The lowest BCUT2D eigenvalue weighted by Crippen LogP contribution is -3.00. The number of hydrogen-bond donors (Lipinski definition) is 0. The van der Waals surface area contributed by atoms with Crippen LogP contribution in [0.25, 0.3) is 0 Å². The topological polar surface area (TPSA) is 9.23 Å². The van der Waals surface area contributed by atoms with E-state index >= 15 is 0 Å². The van der Waals surface area contributed by atoms with E-state index in [0.717, 1.165) is 13.0 Å². The first-order chi connectivity index (χ1) is 12.4. The molecule has 0 aliphatic heterocycles. The summed E-state index contributed by atoms with van der Waals surface area (Å²) < 4.78 is 5.29. The van der Waals surface area contributed by atoms with Gasteiger partial charge in [-0.25, -0.2) is 0 Å². The average Bonchev–Trinajstić information content (AvgIpc) is 2.70. The van der Waals surface area contributed by atoms with Gasteiger partial charge in [-0.1, -0.05) is 54.6 Å². The summed E-state index contributed by atoms with van der Waals surface area (Å²) in [6.45, 7) is 0.832. The summed E-state index contributed by atoms with van der Waals surface area (Å²) in [5.41, 5.74) is 0. The average molecular weight is 429 g/mol. The molecule has 0 radical (unpaired) electrons. The molecule has 0 aromatic heterocycles. The molecule has 0 aliphatic rings. The van der Waals surface area contributed by atoms with E-state index in [4.69, 9.17) is 4.74 Å². The van der Waals surface area contributed by atoms with Crippen molar-refractivity contribution < 1.29 is 21.7 Å². The van der Waals surface area contributed by atoms with Crippen LogP contribution in [0.15, 0.2) is 91.0 Å². The van der Waals surface area contributed by atoms with Crippen molar-refractivity contribution in [1.82, 2.24) is 0 Å². The van der Waals surface area contributed by atoms with Crippen LogP contribution in [0.2, 0.25) is 0 Å².